The standard InChI is InChI=1S/C10H20ClNO/c1-3-4-7-10(13)12-8-5-6-9(2)11/h9H,3-8H2,1-2H3,(H,12,13). The molecular formula is C10H20ClNO. The predicted molar refractivity (Wildman–Crippen MR) is 57.1 cm³/mol. The first-order valence-corrected chi connectivity index (χ1v) is 5.51. The average Bonchev–Trinajstić information content (AvgIpc) is 2.08. The van der Waals surface area contributed by atoms with Gasteiger partial charge in [-0.2, -0.15) is 0 Å². The molecule has 0 radical (unpaired) electrons. The Labute approximate surface area is 86.0 Å². The number of alkyl halides is 1. The lowest BCUT2D eigenvalue weighted by Crippen LogP contribution is -2.24. The number of hydrogen-bond acceptors (Lipinski definition) is 1. The predicted octanol–water partition coefficient (Wildman–Crippen LogP) is 2.70. The highest BCUT2D eigenvalue weighted by Gasteiger charge is 2.00. The molecule has 1 N–H and O–H groups in total. The lowest BCUT2D eigenvalue weighted by molar-refractivity contribution is -0.121. The van der Waals surface area contributed by atoms with E-state index in [2.05, 4.69) is 12.2 Å². The van der Waals surface area contributed by atoms with E-state index in [0.29, 0.717) is 6.42 Å². The highest BCUT2D eigenvalue weighted by Crippen LogP contribution is 2.02. The first-order valence-electron chi connectivity index (χ1n) is 5.07. The molecule has 78 valence electrons. The summed E-state index contributed by atoms with van der Waals surface area (Å²) >= 11 is 5.76. The van der Waals surface area contributed by atoms with Gasteiger partial charge in [0.05, 0.1) is 0 Å². The Morgan fingerprint density at radius 2 is 2.15 bits per heavy atom. The van der Waals surface area contributed by atoms with Crippen LogP contribution in [0.1, 0.15) is 46.0 Å². The third-order valence-corrected chi connectivity index (χ3v) is 2.08. The Morgan fingerprint density at radius 3 is 2.69 bits per heavy atom. The second-order valence-electron chi connectivity index (χ2n) is 3.38. The van der Waals surface area contributed by atoms with Crippen LogP contribution in [-0.4, -0.2) is 17.8 Å². The molecule has 3 heteroatoms. The molecule has 1 amide bonds. The fraction of sp³-hybridized carbons (Fsp3) is 0.900. The maximum atomic E-state index is 11.1. The Morgan fingerprint density at radius 1 is 1.46 bits per heavy atom. The van der Waals surface area contributed by atoms with Gasteiger partial charge in [-0.05, 0) is 26.2 Å². The Kier molecular flexibility index (Phi) is 8.21. The summed E-state index contributed by atoms with van der Waals surface area (Å²) in [6.07, 6.45) is 4.66. The van der Waals surface area contributed by atoms with Crippen LogP contribution < -0.4 is 5.32 Å². The van der Waals surface area contributed by atoms with Gasteiger partial charge in [-0.15, -0.1) is 11.6 Å². The summed E-state index contributed by atoms with van der Waals surface area (Å²) in [7, 11) is 0. The molecule has 0 aromatic rings. The van der Waals surface area contributed by atoms with Crippen LogP contribution in [0.4, 0.5) is 0 Å². The van der Waals surface area contributed by atoms with Crippen molar-refractivity contribution < 1.29 is 4.79 Å². The number of nitrogens with one attached hydrogen (secondary N) is 1. The number of unbranched alkanes of at least 4 members (excludes halogenated alkanes) is 1. The number of amides is 1. The van der Waals surface area contributed by atoms with E-state index in [1.54, 1.807) is 0 Å². The number of carbonyl (C=O) groups is 1. The van der Waals surface area contributed by atoms with E-state index < -0.39 is 0 Å². The Hall–Kier alpha value is -0.240. The maximum absolute atomic E-state index is 11.1. The fourth-order valence-electron chi connectivity index (χ4n) is 1.04. The normalized spacial score (nSPS) is 12.5. The smallest absolute Gasteiger partial charge is 0.219 e. The molecule has 0 heterocycles. The second kappa shape index (κ2) is 8.36. The largest absolute Gasteiger partial charge is 0.356 e. The summed E-state index contributed by atoms with van der Waals surface area (Å²) in [4.78, 5) is 11.1. The lowest BCUT2D eigenvalue weighted by Gasteiger charge is -2.05. The number of rotatable bonds is 7. The van der Waals surface area contributed by atoms with Gasteiger partial charge < -0.3 is 5.32 Å². The molecule has 0 saturated carbocycles. The monoisotopic (exact) mass is 205 g/mol. The molecule has 0 saturated heterocycles. The van der Waals surface area contributed by atoms with Crippen molar-refractivity contribution in [3.8, 4) is 0 Å². The van der Waals surface area contributed by atoms with Crippen LogP contribution in [0.3, 0.4) is 0 Å². The zero-order chi connectivity index (χ0) is 10.1. The van der Waals surface area contributed by atoms with Crippen molar-refractivity contribution >= 4 is 17.5 Å². The highest BCUT2D eigenvalue weighted by molar-refractivity contribution is 6.20. The molecule has 0 aromatic carbocycles. The van der Waals surface area contributed by atoms with Gasteiger partial charge in [-0.25, -0.2) is 0 Å². The Balaban J connectivity index is 3.17. The van der Waals surface area contributed by atoms with Crippen molar-refractivity contribution in [3.63, 3.8) is 0 Å². The van der Waals surface area contributed by atoms with Gasteiger partial charge in [0.25, 0.3) is 0 Å². The van der Waals surface area contributed by atoms with Crippen LogP contribution in [0.2, 0.25) is 0 Å². The van der Waals surface area contributed by atoms with Crippen molar-refractivity contribution in [1.29, 1.82) is 0 Å². The zero-order valence-electron chi connectivity index (χ0n) is 8.61. The van der Waals surface area contributed by atoms with Gasteiger partial charge in [0.15, 0.2) is 0 Å². The first kappa shape index (κ1) is 12.8. The van der Waals surface area contributed by atoms with Gasteiger partial charge in [0.2, 0.25) is 5.91 Å². The number of carbonyl (C=O) groups excluding carboxylic acids is 1. The summed E-state index contributed by atoms with van der Waals surface area (Å²) < 4.78 is 0. The quantitative estimate of drug-likeness (QED) is 0.503. The van der Waals surface area contributed by atoms with Crippen molar-refractivity contribution in [1.82, 2.24) is 5.32 Å². The van der Waals surface area contributed by atoms with Crippen LogP contribution in [-0.2, 0) is 4.79 Å². The van der Waals surface area contributed by atoms with Gasteiger partial charge in [-0.1, -0.05) is 13.3 Å². The summed E-state index contributed by atoms with van der Waals surface area (Å²) in [5, 5.41) is 3.09. The molecule has 0 spiro atoms. The number of hydrogen-bond donors (Lipinski definition) is 1. The Bertz CT molecular complexity index is 137. The summed E-state index contributed by atoms with van der Waals surface area (Å²) in [5.74, 6) is 0.170. The van der Waals surface area contributed by atoms with Crippen LogP contribution in [0.25, 0.3) is 0 Å². The van der Waals surface area contributed by atoms with Crippen LogP contribution in [0.15, 0.2) is 0 Å². The molecule has 0 rings (SSSR count). The topological polar surface area (TPSA) is 29.1 Å². The van der Waals surface area contributed by atoms with Crippen LogP contribution >= 0.6 is 11.6 Å². The molecular weight excluding hydrogens is 186 g/mol. The third kappa shape index (κ3) is 9.68. The van der Waals surface area contributed by atoms with E-state index >= 15 is 0 Å². The maximum Gasteiger partial charge on any atom is 0.219 e. The SMILES string of the molecule is CCCCC(=O)NCCCC(C)Cl. The average molecular weight is 206 g/mol. The molecule has 13 heavy (non-hydrogen) atoms. The van der Waals surface area contributed by atoms with E-state index in [1.807, 2.05) is 6.92 Å². The van der Waals surface area contributed by atoms with Crippen LogP contribution in [0, 0.1) is 0 Å². The van der Waals surface area contributed by atoms with E-state index in [-0.39, 0.29) is 11.3 Å². The summed E-state index contributed by atoms with van der Waals surface area (Å²) in [6.45, 7) is 4.82. The molecule has 0 aliphatic rings. The lowest BCUT2D eigenvalue weighted by atomic mass is 10.2. The second-order valence-corrected chi connectivity index (χ2v) is 4.12. The fourth-order valence-corrected chi connectivity index (χ4v) is 1.19. The molecule has 0 aliphatic carbocycles. The minimum atomic E-state index is 0.170. The van der Waals surface area contributed by atoms with Crippen molar-refractivity contribution in [3.05, 3.63) is 0 Å². The van der Waals surface area contributed by atoms with Gasteiger partial charge in [0.1, 0.15) is 0 Å². The van der Waals surface area contributed by atoms with Crippen LogP contribution in [0.5, 0.6) is 0 Å². The van der Waals surface area contributed by atoms with Gasteiger partial charge in [-0.3, -0.25) is 4.79 Å². The minimum Gasteiger partial charge on any atom is -0.356 e. The van der Waals surface area contributed by atoms with E-state index in [0.717, 1.165) is 32.2 Å². The number of halogens is 1. The van der Waals surface area contributed by atoms with Gasteiger partial charge >= 0.3 is 0 Å². The highest BCUT2D eigenvalue weighted by atomic mass is 35.5. The molecule has 0 aromatic heterocycles. The minimum absolute atomic E-state index is 0.170. The first-order chi connectivity index (χ1) is 6.16. The molecule has 0 bridgehead atoms. The summed E-state index contributed by atoms with van der Waals surface area (Å²) in [6, 6.07) is 0. The molecule has 0 aliphatic heterocycles. The van der Waals surface area contributed by atoms with E-state index in [1.165, 1.54) is 0 Å². The molecule has 1 atom stereocenters. The van der Waals surface area contributed by atoms with Crippen molar-refractivity contribution in [2.75, 3.05) is 6.54 Å². The van der Waals surface area contributed by atoms with Crippen molar-refractivity contribution in [2.24, 2.45) is 0 Å². The van der Waals surface area contributed by atoms with Gasteiger partial charge in [0, 0.05) is 18.3 Å². The molecule has 2 nitrogen and oxygen atoms in total. The third-order valence-electron chi connectivity index (χ3n) is 1.86. The van der Waals surface area contributed by atoms with E-state index in [4.69, 9.17) is 11.6 Å². The zero-order valence-corrected chi connectivity index (χ0v) is 9.36. The van der Waals surface area contributed by atoms with E-state index in [9.17, 15) is 4.79 Å². The molecule has 1 unspecified atom stereocenters. The summed E-state index contributed by atoms with van der Waals surface area (Å²) in [5.41, 5.74) is 0. The molecule has 0 fully saturated rings. The van der Waals surface area contributed by atoms with Crippen molar-refractivity contribution in [2.45, 2.75) is 51.3 Å².